The molecule has 3 N–H and O–H groups in total. The molecule has 0 radical (unpaired) electrons. The Kier molecular flexibility index (Phi) is 6.27. The standard InChI is InChI=1S/C24H26N8O/c1-4-5-10-31-22-21(29-24(31)30(3)14-16(2)26)13-27-32(23(22)33)15-18-11-17-8-6-7-9-19(17)20(12-25)28-18/h6-9,11,13,16,24,29H,10,14-15,26H2,1-3H3. The molecule has 4 rings (SSSR count). The summed E-state index contributed by atoms with van der Waals surface area (Å²) >= 11 is 0. The molecule has 1 aromatic carbocycles. The predicted octanol–water partition coefficient (Wildman–Crippen LogP) is 1.53. The second-order valence-electron chi connectivity index (χ2n) is 8.15. The SMILES string of the molecule is CC#CCN1c2c(cnn(Cc3cc4ccccc4c(C#N)n3)c2=O)NC1N(C)CC(C)N. The van der Waals surface area contributed by atoms with Crippen LogP contribution < -0.4 is 21.5 Å². The Morgan fingerprint density at radius 3 is 2.88 bits per heavy atom. The lowest BCUT2D eigenvalue weighted by atomic mass is 10.1. The van der Waals surface area contributed by atoms with E-state index in [1.807, 2.05) is 49.2 Å². The summed E-state index contributed by atoms with van der Waals surface area (Å²) in [6, 6.07) is 11.6. The normalized spacial score (nSPS) is 15.5. The monoisotopic (exact) mass is 442 g/mol. The van der Waals surface area contributed by atoms with Gasteiger partial charge in [0.2, 0.25) is 0 Å². The van der Waals surface area contributed by atoms with E-state index in [1.165, 1.54) is 4.68 Å². The molecule has 0 spiro atoms. The molecule has 0 saturated heterocycles. The topological polar surface area (TPSA) is 116 Å². The summed E-state index contributed by atoms with van der Waals surface area (Å²) in [7, 11) is 1.95. The zero-order valence-electron chi connectivity index (χ0n) is 18.9. The van der Waals surface area contributed by atoms with Crippen molar-refractivity contribution < 1.29 is 0 Å². The fraction of sp³-hybridized carbons (Fsp3) is 0.333. The van der Waals surface area contributed by atoms with Crippen molar-refractivity contribution in [2.75, 3.05) is 30.4 Å². The molecule has 2 aromatic heterocycles. The van der Waals surface area contributed by atoms with E-state index in [0.717, 1.165) is 10.8 Å². The van der Waals surface area contributed by atoms with Crippen molar-refractivity contribution in [2.24, 2.45) is 5.73 Å². The van der Waals surface area contributed by atoms with E-state index in [1.54, 1.807) is 13.1 Å². The van der Waals surface area contributed by atoms with E-state index < -0.39 is 0 Å². The van der Waals surface area contributed by atoms with Crippen molar-refractivity contribution in [1.82, 2.24) is 19.7 Å². The van der Waals surface area contributed by atoms with E-state index in [-0.39, 0.29) is 24.4 Å². The molecule has 0 saturated carbocycles. The molecule has 3 heterocycles. The molecule has 9 heteroatoms. The van der Waals surface area contributed by atoms with Crippen LogP contribution in [0, 0.1) is 23.2 Å². The minimum absolute atomic E-state index is 0.0253. The van der Waals surface area contributed by atoms with Crippen LogP contribution in [-0.4, -0.2) is 52.1 Å². The number of hydrogen-bond donors (Lipinski definition) is 2. The van der Waals surface area contributed by atoms with E-state index >= 15 is 0 Å². The number of benzene rings is 1. The van der Waals surface area contributed by atoms with E-state index in [9.17, 15) is 10.1 Å². The first kappa shape index (κ1) is 22.3. The Morgan fingerprint density at radius 1 is 1.36 bits per heavy atom. The van der Waals surface area contributed by atoms with Crippen molar-refractivity contribution >= 4 is 22.1 Å². The average molecular weight is 443 g/mol. The molecule has 1 aliphatic rings. The van der Waals surface area contributed by atoms with Gasteiger partial charge in [0, 0.05) is 18.0 Å². The van der Waals surface area contributed by atoms with Crippen LogP contribution in [0.2, 0.25) is 0 Å². The number of anilines is 2. The van der Waals surface area contributed by atoms with E-state index in [0.29, 0.717) is 35.9 Å². The van der Waals surface area contributed by atoms with Crippen molar-refractivity contribution in [1.29, 1.82) is 5.26 Å². The zero-order chi connectivity index (χ0) is 23.5. The Bertz CT molecular complexity index is 1340. The van der Waals surface area contributed by atoms with Crippen LogP contribution in [0.1, 0.15) is 25.2 Å². The summed E-state index contributed by atoms with van der Waals surface area (Å²) in [5, 5.41) is 18.9. The first-order valence-corrected chi connectivity index (χ1v) is 10.7. The number of hydrogen-bond acceptors (Lipinski definition) is 8. The lowest BCUT2D eigenvalue weighted by molar-refractivity contribution is 0.254. The molecule has 0 bridgehead atoms. The Morgan fingerprint density at radius 2 is 2.15 bits per heavy atom. The number of likely N-dealkylation sites (N-methyl/N-ethyl adjacent to an activating group) is 1. The first-order chi connectivity index (χ1) is 15.9. The third-order valence-corrected chi connectivity index (χ3v) is 5.52. The molecule has 9 nitrogen and oxygen atoms in total. The van der Waals surface area contributed by atoms with Gasteiger partial charge in [0.25, 0.3) is 5.56 Å². The summed E-state index contributed by atoms with van der Waals surface area (Å²) in [6.07, 6.45) is 1.39. The van der Waals surface area contributed by atoms with Gasteiger partial charge in [0.1, 0.15) is 17.5 Å². The fourth-order valence-corrected chi connectivity index (χ4v) is 4.12. The Labute approximate surface area is 192 Å². The maximum atomic E-state index is 13.5. The minimum Gasteiger partial charge on any atom is -0.350 e. The smallest absolute Gasteiger partial charge is 0.292 e. The third-order valence-electron chi connectivity index (χ3n) is 5.52. The van der Waals surface area contributed by atoms with Gasteiger partial charge in [-0.25, -0.2) is 9.67 Å². The number of fused-ring (bicyclic) bond motifs is 2. The van der Waals surface area contributed by atoms with Crippen LogP contribution in [0.25, 0.3) is 10.8 Å². The summed E-state index contributed by atoms with van der Waals surface area (Å²) in [5.41, 5.74) is 7.83. The van der Waals surface area contributed by atoms with E-state index in [4.69, 9.17) is 5.73 Å². The van der Waals surface area contributed by atoms with Gasteiger partial charge in [-0.15, -0.1) is 5.92 Å². The number of rotatable bonds is 6. The zero-order valence-corrected chi connectivity index (χ0v) is 18.9. The van der Waals surface area contributed by atoms with Crippen LogP contribution in [0.5, 0.6) is 0 Å². The molecule has 33 heavy (non-hydrogen) atoms. The highest BCUT2D eigenvalue weighted by atomic mass is 16.1. The Hall–Kier alpha value is -3.92. The quantitative estimate of drug-likeness (QED) is 0.552. The highest BCUT2D eigenvalue weighted by molar-refractivity contribution is 5.86. The number of nitrogens with zero attached hydrogens (tertiary/aromatic N) is 6. The molecule has 1 aliphatic heterocycles. The maximum absolute atomic E-state index is 13.5. The number of nitrogens with two attached hydrogens (primary N) is 1. The van der Waals surface area contributed by atoms with Crippen LogP contribution in [0.15, 0.2) is 41.3 Å². The van der Waals surface area contributed by atoms with Crippen LogP contribution in [-0.2, 0) is 6.54 Å². The molecule has 0 fully saturated rings. The van der Waals surface area contributed by atoms with Crippen molar-refractivity contribution in [3.8, 4) is 17.9 Å². The minimum atomic E-state index is -0.263. The molecule has 2 atom stereocenters. The van der Waals surface area contributed by atoms with Gasteiger partial charge < -0.3 is 16.0 Å². The molecular weight excluding hydrogens is 416 g/mol. The molecular formula is C24H26N8O. The van der Waals surface area contributed by atoms with Crippen LogP contribution in [0.3, 0.4) is 0 Å². The second-order valence-corrected chi connectivity index (χ2v) is 8.15. The number of aromatic nitrogens is 3. The second kappa shape index (κ2) is 9.29. The van der Waals surface area contributed by atoms with Gasteiger partial charge in [0.15, 0.2) is 6.29 Å². The average Bonchev–Trinajstić information content (AvgIpc) is 3.18. The summed E-state index contributed by atoms with van der Waals surface area (Å²) in [4.78, 5) is 21.9. The van der Waals surface area contributed by atoms with Gasteiger partial charge in [-0.3, -0.25) is 9.69 Å². The third kappa shape index (κ3) is 4.37. The molecule has 168 valence electrons. The molecule has 0 aliphatic carbocycles. The fourth-order valence-electron chi connectivity index (χ4n) is 4.12. The largest absolute Gasteiger partial charge is 0.350 e. The highest BCUT2D eigenvalue weighted by Gasteiger charge is 2.34. The number of nitrogens with one attached hydrogen (secondary N) is 1. The predicted molar refractivity (Wildman–Crippen MR) is 129 cm³/mol. The summed E-state index contributed by atoms with van der Waals surface area (Å²) in [5.74, 6) is 5.96. The maximum Gasteiger partial charge on any atom is 0.292 e. The van der Waals surface area contributed by atoms with Gasteiger partial charge in [-0.05, 0) is 32.3 Å². The summed E-state index contributed by atoms with van der Waals surface area (Å²) < 4.78 is 1.37. The first-order valence-electron chi connectivity index (χ1n) is 10.7. The summed E-state index contributed by atoms with van der Waals surface area (Å²) in [6.45, 7) is 4.89. The highest BCUT2D eigenvalue weighted by Crippen LogP contribution is 2.31. The van der Waals surface area contributed by atoms with E-state index in [2.05, 4.69) is 38.2 Å². The lowest BCUT2D eigenvalue weighted by Gasteiger charge is -2.33. The molecule has 2 unspecified atom stereocenters. The van der Waals surface area contributed by atoms with Gasteiger partial charge in [-0.2, -0.15) is 10.4 Å². The van der Waals surface area contributed by atoms with Crippen molar-refractivity contribution in [2.45, 2.75) is 32.7 Å². The van der Waals surface area contributed by atoms with Crippen LogP contribution in [0.4, 0.5) is 11.4 Å². The van der Waals surface area contributed by atoms with Crippen LogP contribution >= 0.6 is 0 Å². The lowest BCUT2D eigenvalue weighted by Crippen LogP contribution is -2.52. The van der Waals surface area contributed by atoms with Gasteiger partial charge in [-0.1, -0.05) is 30.2 Å². The van der Waals surface area contributed by atoms with Crippen molar-refractivity contribution in [3.63, 3.8) is 0 Å². The molecule has 0 amide bonds. The Balaban J connectivity index is 1.72. The van der Waals surface area contributed by atoms with Gasteiger partial charge in [0.05, 0.1) is 30.7 Å². The van der Waals surface area contributed by atoms with Gasteiger partial charge >= 0.3 is 0 Å². The number of nitriles is 1. The molecule has 3 aromatic rings. The number of pyridine rings is 1. The van der Waals surface area contributed by atoms with Crippen molar-refractivity contribution in [3.05, 3.63) is 58.3 Å².